The molecular formula is C14H20F3NO3. The first-order valence-corrected chi connectivity index (χ1v) is 6.70. The lowest BCUT2D eigenvalue weighted by Crippen LogP contribution is -2.19. The third-order valence-electron chi connectivity index (χ3n) is 3.36. The Labute approximate surface area is 121 Å². The van der Waals surface area contributed by atoms with Crippen LogP contribution >= 0.6 is 0 Å². The molecule has 21 heavy (non-hydrogen) atoms. The molecule has 1 atom stereocenters. The molecule has 1 aromatic rings. The fraction of sp³-hybridized carbons (Fsp3) is 0.714. The number of hydrogen-bond acceptors (Lipinski definition) is 4. The van der Waals surface area contributed by atoms with Crippen LogP contribution < -0.4 is 0 Å². The summed E-state index contributed by atoms with van der Waals surface area (Å²) in [6, 6.07) is 0. The summed E-state index contributed by atoms with van der Waals surface area (Å²) in [5.41, 5.74) is -1.44. The van der Waals surface area contributed by atoms with Gasteiger partial charge in [-0.3, -0.25) is 0 Å². The molecule has 1 rings (SSSR count). The average Bonchev–Trinajstić information content (AvgIpc) is 2.71. The first kappa shape index (κ1) is 17.5. The summed E-state index contributed by atoms with van der Waals surface area (Å²) in [6.07, 6.45) is -4.54. The number of aromatic nitrogens is 1. The van der Waals surface area contributed by atoms with E-state index >= 15 is 0 Å². The van der Waals surface area contributed by atoms with Gasteiger partial charge in [0, 0.05) is 6.42 Å². The number of carbonyl (C=O) groups excluding carboxylic acids is 1. The van der Waals surface area contributed by atoms with Gasteiger partial charge in [-0.25, -0.2) is 9.78 Å². The molecular weight excluding hydrogens is 287 g/mol. The van der Waals surface area contributed by atoms with E-state index < -0.39 is 23.6 Å². The Morgan fingerprint density at radius 1 is 1.33 bits per heavy atom. The Balaban J connectivity index is 3.12. The van der Waals surface area contributed by atoms with Gasteiger partial charge in [0.15, 0.2) is 11.6 Å². The molecule has 0 amide bonds. The zero-order valence-electron chi connectivity index (χ0n) is 12.8. The number of ether oxygens (including phenoxy) is 1. The van der Waals surface area contributed by atoms with Crippen LogP contribution in [0.3, 0.4) is 0 Å². The average molecular weight is 307 g/mol. The SMILES string of the molecule is CCOC(=O)c1oc(CC(C)C(C)(C)C)nc1C(F)(F)F. The highest BCUT2D eigenvalue weighted by Crippen LogP contribution is 2.34. The topological polar surface area (TPSA) is 52.3 Å². The smallest absolute Gasteiger partial charge is 0.437 e. The van der Waals surface area contributed by atoms with Crippen LogP contribution in [0.4, 0.5) is 13.2 Å². The van der Waals surface area contributed by atoms with E-state index in [4.69, 9.17) is 4.42 Å². The zero-order valence-corrected chi connectivity index (χ0v) is 12.8. The standard InChI is InChI=1S/C14H20F3NO3/c1-6-20-12(19)10-11(14(15,16)17)18-9(21-10)7-8(2)13(3,4)5/h8H,6-7H2,1-5H3. The summed E-state index contributed by atoms with van der Waals surface area (Å²) < 4.78 is 48.3. The van der Waals surface area contributed by atoms with Crippen molar-refractivity contribution in [2.45, 2.75) is 47.2 Å². The van der Waals surface area contributed by atoms with Crippen molar-refractivity contribution in [3.63, 3.8) is 0 Å². The van der Waals surface area contributed by atoms with Crippen molar-refractivity contribution >= 4 is 5.97 Å². The minimum atomic E-state index is -4.76. The molecule has 1 unspecified atom stereocenters. The number of alkyl halides is 3. The number of rotatable bonds is 4. The van der Waals surface area contributed by atoms with Gasteiger partial charge in [0.1, 0.15) is 0 Å². The molecule has 0 aliphatic carbocycles. The number of oxazole rings is 1. The Kier molecular flexibility index (Phi) is 5.07. The molecule has 7 heteroatoms. The maximum atomic E-state index is 12.9. The predicted octanol–water partition coefficient (Wildman–Crippen LogP) is 4.09. The van der Waals surface area contributed by atoms with Crippen LogP contribution in [-0.4, -0.2) is 17.6 Å². The molecule has 0 saturated carbocycles. The van der Waals surface area contributed by atoms with Crippen molar-refractivity contribution < 1.29 is 27.1 Å². The van der Waals surface area contributed by atoms with Crippen LogP contribution in [0.2, 0.25) is 0 Å². The highest BCUT2D eigenvalue weighted by Gasteiger charge is 2.42. The van der Waals surface area contributed by atoms with Gasteiger partial charge < -0.3 is 9.15 Å². The van der Waals surface area contributed by atoms with Crippen LogP contribution in [0, 0.1) is 11.3 Å². The summed E-state index contributed by atoms with van der Waals surface area (Å²) in [5, 5.41) is 0. The van der Waals surface area contributed by atoms with Crippen molar-refractivity contribution in [3.8, 4) is 0 Å². The van der Waals surface area contributed by atoms with Gasteiger partial charge >= 0.3 is 12.1 Å². The number of halogens is 3. The van der Waals surface area contributed by atoms with Gasteiger partial charge in [0.05, 0.1) is 6.61 Å². The second-order valence-corrected chi connectivity index (χ2v) is 5.97. The van der Waals surface area contributed by atoms with Crippen molar-refractivity contribution in [1.29, 1.82) is 0 Å². The van der Waals surface area contributed by atoms with Crippen LogP contribution in [0.5, 0.6) is 0 Å². The lowest BCUT2D eigenvalue weighted by molar-refractivity contribution is -0.141. The number of hydrogen-bond donors (Lipinski definition) is 0. The summed E-state index contributed by atoms with van der Waals surface area (Å²) in [4.78, 5) is 15.0. The van der Waals surface area contributed by atoms with Gasteiger partial charge in [0.25, 0.3) is 0 Å². The highest BCUT2D eigenvalue weighted by molar-refractivity contribution is 5.87. The van der Waals surface area contributed by atoms with Gasteiger partial charge in [-0.2, -0.15) is 13.2 Å². The maximum absolute atomic E-state index is 12.9. The Bertz CT molecular complexity index is 501. The summed E-state index contributed by atoms with van der Waals surface area (Å²) in [7, 11) is 0. The van der Waals surface area contributed by atoms with E-state index in [2.05, 4.69) is 9.72 Å². The minimum absolute atomic E-state index is 0.0345. The van der Waals surface area contributed by atoms with E-state index in [9.17, 15) is 18.0 Å². The summed E-state index contributed by atoms with van der Waals surface area (Å²) in [6.45, 7) is 9.27. The molecule has 0 aromatic carbocycles. The van der Waals surface area contributed by atoms with E-state index in [1.54, 1.807) is 0 Å². The first-order chi connectivity index (χ1) is 9.46. The van der Waals surface area contributed by atoms with Gasteiger partial charge in [0.2, 0.25) is 5.76 Å². The monoisotopic (exact) mass is 307 g/mol. The molecule has 0 spiro atoms. The normalized spacial score (nSPS) is 14.1. The van der Waals surface area contributed by atoms with Crippen LogP contribution in [-0.2, 0) is 17.3 Å². The molecule has 1 aromatic heterocycles. The van der Waals surface area contributed by atoms with E-state index in [0.29, 0.717) is 0 Å². The minimum Gasteiger partial charge on any atom is -0.460 e. The molecule has 0 radical (unpaired) electrons. The Morgan fingerprint density at radius 2 is 1.90 bits per heavy atom. The van der Waals surface area contributed by atoms with E-state index in [0.717, 1.165) is 0 Å². The Morgan fingerprint density at radius 3 is 2.33 bits per heavy atom. The molecule has 0 saturated heterocycles. The highest BCUT2D eigenvalue weighted by atomic mass is 19.4. The second-order valence-electron chi connectivity index (χ2n) is 5.97. The fourth-order valence-electron chi connectivity index (χ4n) is 1.55. The summed E-state index contributed by atoms with van der Waals surface area (Å²) in [5.74, 6) is -2.09. The van der Waals surface area contributed by atoms with Crippen LogP contribution in [0.1, 0.15) is 56.8 Å². The third kappa shape index (κ3) is 4.47. The van der Waals surface area contributed by atoms with E-state index in [1.807, 2.05) is 27.7 Å². The molecule has 0 aliphatic rings. The first-order valence-electron chi connectivity index (χ1n) is 6.70. The lowest BCUT2D eigenvalue weighted by atomic mass is 9.80. The van der Waals surface area contributed by atoms with Crippen molar-refractivity contribution in [1.82, 2.24) is 4.98 Å². The van der Waals surface area contributed by atoms with Crippen LogP contribution in [0.25, 0.3) is 0 Å². The molecule has 0 bridgehead atoms. The van der Waals surface area contributed by atoms with Crippen molar-refractivity contribution in [2.24, 2.45) is 11.3 Å². The third-order valence-corrected chi connectivity index (χ3v) is 3.36. The molecule has 0 aliphatic heterocycles. The summed E-state index contributed by atoms with van der Waals surface area (Å²) >= 11 is 0. The van der Waals surface area contributed by atoms with Crippen molar-refractivity contribution in [3.05, 3.63) is 17.3 Å². The van der Waals surface area contributed by atoms with Gasteiger partial charge in [-0.1, -0.05) is 27.7 Å². The molecule has 120 valence electrons. The number of esters is 1. The van der Waals surface area contributed by atoms with E-state index in [1.165, 1.54) is 6.92 Å². The molecule has 0 N–H and O–H groups in total. The maximum Gasteiger partial charge on any atom is 0.437 e. The molecule has 1 heterocycles. The fourth-order valence-corrected chi connectivity index (χ4v) is 1.55. The van der Waals surface area contributed by atoms with E-state index in [-0.39, 0.29) is 30.3 Å². The van der Waals surface area contributed by atoms with Crippen molar-refractivity contribution in [2.75, 3.05) is 6.61 Å². The van der Waals surface area contributed by atoms with Crippen LogP contribution in [0.15, 0.2) is 4.42 Å². The van der Waals surface area contributed by atoms with Gasteiger partial charge in [-0.05, 0) is 18.3 Å². The van der Waals surface area contributed by atoms with Gasteiger partial charge in [-0.15, -0.1) is 0 Å². The quantitative estimate of drug-likeness (QED) is 0.786. The zero-order chi connectivity index (χ0) is 16.4. The molecule has 0 fully saturated rings. The predicted molar refractivity (Wildman–Crippen MR) is 69.8 cm³/mol. The number of nitrogens with zero attached hydrogens (tertiary/aromatic N) is 1. The number of carbonyl (C=O) groups is 1. The molecule has 4 nitrogen and oxygen atoms in total. The Hall–Kier alpha value is -1.53. The largest absolute Gasteiger partial charge is 0.460 e. The second kappa shape index (κ2) is 6.07. The lowest BCUT2D eigenvalue weighted by Gasteiger charge is -2.25.